The first kappa shape index (κ1) is 8.51. The summed E-state index contributed by atoms with van der Waals surface area (Å²) in [5.74, 6) is 0.958. The van der Waals surface area contributed by atoms with Gasteiger partial charge in [-0.25, -0.2) is 8.42 Å². The van der Waals surface area contributed by atoms with E-state index in [1.807, 2.05) is 0 Å². The summed E-state index contributed by atoms with van der Waals surface area (Å²) in [6.07, 6.45) is 3.86. The maximum Gasteiger partial charge on any atom is 0.150 e. The van der Waals surface area contributed by atoms with Crippen LogP contribution in [0.2, 0.25) is 0 Å². The van der Waals surface area contributed by atoms with E-state index >= 15 is 0 Å². The highest BCUT2D eigenvalue weighted by atomic mass is 32.2. The summed E-state index contributed by atoms with van der Waals surface area (Å²) >= 11 is 0. The van der Waals surface area contributed by atoms with Crippen LogP contribution in [0.4, 0.5) is 0 Å². The zero-order valence-electron chi connectivity index (χ0n) is 7.12. The molecule has 12 heavy (non-hydrogen) atoms. The van der Waals surface area contributed by atoms with Gasteiger partial charge in [0.25, 0.3) is 0 Å². The van der Waals surface area contributed by atoms with Crippen LogP contribution in [0.5, 0.6) is 0 Å². The Morgan fingerprint density at radius 1 is 1.33 bits per heavy atom. The molecule has 0 radical (unpaired) electrons. The Morgan fingerprint density at radius 3 is 2.50 bits per heavy atom. The lowest BCUT2D eigenvalue weighted by atomic mass is 9.95. The number of hydrogen-bond donors (Lipinski definition) is 1. The molecule has 1 aliphatic heterocycles. The van der Waals surface area contributed by atoms with Crippen LogP contribution in [-0.4, -0.2) is 25.5 Å². The van der Waals surface area contributed by atoms with Gasteiger partial charge in [0.2, 0.25) is 0 Å². The van der Waals surface area contributed by atoms with Crippen molar-refractivity contribution in [3.63, 3.8) is 0 Å². The van der Waals surface area contributed by atoms with E-state index in [1.54, 1.807) is 0 Å². The van der Waals surface area contributed by atoms with Crippen molar-refractivity contribution < 1.29 is 8.42 Å². The van der Waals surface area contributed by atoms with Crippen LogP contribution in [0.3, 0.4) is 0 Å². The summed E-state index contributed by atoms with van der Waals surface area (Å²) < 4.78 is 22.6. The van der Waals surface area contributed by atoms with Crippen LogP contribution >= 0.6 is 0 Å². The van der Waals surface area contributed by atoms with E-state index in [4.69, 9.17) is 5.73 Å². The van der Waals surface area contributed by atoms with Crippen molar-refractivity contribution in [2.75, 3.05) is 11.5 Å². The Morgan fingerprint density at radius 2 is 2.00 bits per heavy atom. The largest absolute Gasteiger partial charge is 0.325 e. The maximum absolute atomic E-state index is 11.3. The molecule has 0 aromatic heterocycles. The Balaban J connectivity index is 2.09. The summed E-state index contributed by atoms with van der Waals surface area (Å²) in [7, 11) is -2.76. The van der Waals surface area contributed by atoms with Crippen LogP contribution < -0.4 is 5.73 Å². The van der Waals surface area contributed by atoms with Gasteiger partial charge < -0.3 is 5.73 Å². The van der Waals surface area contributed by atoms with Crippen molar-refractivity contribution >= 4 is 9.84 Å². The third-order valence-corrected chi connectivity index (χ3v) is 4.92. The number of sulfone groups is 1. The smallest absolute Gasteiger partial charge is 0.150 e. The normalized spacial score (nSPS) is 37.6. The zero-order chi connectivity index (χ0) is 8.82. The zero-order valence-corrected chi connectivity index (χ0v) is 7.94. The van der Waals surface area contributed by atoms with Crippen LogP contribution in [-0.2, 0) is 9.84 Å². The number of rotatable bonds is 1. The molecule has 3 nitrogen and oxygen atoms in total. The van der Waals surface area contributed by atoms with Gasteiger partial charge in [0, 0.05) is 5.54 Å². The minimum atomic E-state index is -2.76. The van der Waals surface area contributed by atoms with E-state index in [0.717, 1.165) is 25.7 Å². The lowest BCUT2D eigenvalue weighted by molar-refractivity contribution is 0.392. The predicted octanol–water partition coefficient (Wildman–Crippen LogP) is 0.302. The van der Waals surface area contributed by atoms with Crippen LogP contribution in [0.15, 0.2) is 0 Å². The summed E-state index contributed by atoms with van der Waals surface area (Å²) in [6, 6.07) is 0. The van der Waals surface area contributed by atoms with Gasteiger partial charge in [-0.15, -0.1) is 0 Å². The molecule has 1 heterocycles. The first-order valence-corrected chi connectivity index (χ1v) is 6.33. The fourth-order valence-corrected chi connectivity index (χ4v) is 3.91. The Labute approximate surface area is 73.2 Å². The average molecular weight is 189 g/mol. The van der Waals surface area contributed by atoms with E-state index < -0.39 is 9.84 Å². The highest BCUT2D eigenvalue weighted by Crippen LogP contribution is 2.43. The second-order valence-electron chi connectivity index (χ2n) is 4.19. The highest BCUT2D eigenvalue weighted by Gasteiger charge is 2.47. The molecule has 1 aliphatic carbocycles. The van der Waals surface area contributed by atoms with E-state index in [0.29, 0.717) is 11.5 Å². The molecule has 70 valence electrons. The Hall–Kier alpha value is -0.0900. The third-order valence-electron chi connectivity index (χ3n) is 3.10. The number of hydrogen-bond acceptors (Lipinski definition) is 3. The molecule has 0 spiro atoms. The quantitative estimate of drug-likeness (QED) is 0.645. The van der Waals surface area contributed by atoms with Gasteiger partial charge in [-0.05, 0) is 31.6 Å². The predicted molar refractivity (Wildman–Crippen MR) is 47.5 cm³/mol. The van der Waals surface area contributed by atoms with Gasteiger partial charge in [-0.3, -0.25) is 0 Å². The van der Waals surface area contributed by atoms with E-state index in [1.165, 1.54) is 0 Å². The molecule has 4 heteroatoms. The van der Waals surface area contributed by atoms with Gasteiger partial charge in [-0.1, -0.05) is 0 Å². The average Bonchev–Trinajstić information content (AvgIpc) is 2.67. The van der Waals surface area contributed by atoms with Crippen LogP contribution in [0.1, 0.15) is 25.7 Å². The van der Waals surface area contributed by atoms with Gasteiger partial charge in [-0.2, -0.15) is 0 Å². The van der Waals surface area contributed by atoms with Crippen LogP contribution in [0, 0.1) is 5.92 Å². The fraction of sp³-hybridized carbons (Fsp3) is 1.00. The molecule has 2 fully saturated rings. The Bertz CT molecular complexity index is 279. The summed E-state index contributed by atoms with van der Waals surface area (Å²) in [4.78, 5) is 0. The monoisotopic (exact) mass is 189 g/mol. The van der Waals surface area contributed by atoms with E-state index in [9.17, 15) is 8.42 Å². The third kappa shape index (κ3) is 1.50. The lowest BCUT2D eigenvalue weighted by Crippen LogP contribution is -2.40. The summed E-state index contributed by atoms with van der Waals surface area (Å²) in [5.41, 5.74) is 5.87. The van der Waals surface area contributed by atoms with Gasteiger partial charge in [0.1, 0.15) is 0 Å². The standard InChI is InChI=1S/C8H15NO2S/c9-8(3-4-8)7-2-1-5-12(10,11)6-7/h7H,1-6,9H2. The van der Waals surface area contributed by atoms with E-state index in [-0.39, 0.29) is 11.5 Å². The molecular weight excluding hydrogens is 174 g/mol. The molecule has 0 bridgehead atoms. The van der Waals surface area contributed by atoms with Gasteiger partial charge in [0.05, 0.1) is 11.5 Å². The molecule has 1 atom stereocenters. The van der Waals surface area contributed by atoms with Crippen molar-refractivity contribution in [1.82, 2.24) is 0 Å². The van der Waals surface area contributed by atoms with Gasteiger partial charge in [0.15, 0.2) is 9.84 Å². The Kier molecular flexibility index (Phi) is 1.74. The summed E-state index contributed by atoms with van der Waals surface area (Å²) in [6.45, 7) is 0. The van der Waals surface area contributed by atoms with Crippen LogP contribution in [0.25, 0.3) is 0 Å². The molecule has 0 amide bonds. The molecule has 2 rings (SSSR count). The van der Waals surface area contributed by atoms with E-state index in [2.05, 4.69) is 0 Å². The maximum atomic E-state index is 11.3. The van der Waals surface area contributed by atoms with Gasteiger partial charge >= 0.3 is 0 Å². The lowest BCUT2D eigenvalue weighted by Gasteiger charge is -2.27. The van der Waals surface area contributed by atoms with Crippen molar-refractivity contribution in [3.8, 4) is 0 Å². The molecule has 1 saturated carbocycles. The molecule has 1 saturated heterocycles. The van der Waals surface area contributed by atoms with Crippen molar-refractivity contribution in [2.24, 2.45) is 11.7 Å². The SMILES string of the molecule is NC1(C2CCCS(=O)(=O)C2)CC1. The number of nitrogens with two attached hydrogens (primary N) is 1. The first-order chi connectivity index (χ1) is 5.52. The minimum absolute atomic E-state index is 0.104. The molecule has 0 aromatic rings. The van der Waals surface area contributed by atoms with Crippen molar-refractivity contribution in [1.29, 1.82) is 0 Å². The molecule has 2 aliphatic rings. The highest BCUT2D eigenvalue weighted by molar-refractivity contribution is 7.91. The molecule has 2 N–H and O–H groups in total. The second kappa shape index (κ2) is 2.45. The molecular formula is C8H15NO2S. The van der Waals surface area contributed by atoms with Crippen molar-refractivity contribution in [3.05, 3.63) is 0 Å². The first-order valence-electron chi connectivity index (χ1n) is 4.51. The topological polar surface area (TPSA) is 60.2 Å². The second-order valence-corrected chi connectivity index (χ2v) is 6.42. The fourth-order valence-electron chi connectivity index (χ4n) is 2.03. The molecule has 1 unspecified atom stereocenters. The summed E-state index contributed by atoms with van der Waals surface area (Å²) in [5, 5.41) is 0. The minimum Gasteiger partial charge on any atom is -0.325 e. The van der Waals surface area contributed by atoms with Crippen molar-refractivity contribution in [2.45, 2.75) is 31.2 Å². The molecule has 0 aromatic carbocycles.